The molecule has 0 aliphatic heterocycles. The minimum atomic E-state index is -0.955. The summed E-state index contributed by atoms with van der Waals surface area (Å²) in [7, 11) is 0. The molecule has 15 heavy (non-hydrogen) atoms. The second-order valence-corrected chi connectivity index (χ2v) is 3.34. The Bertz CT molecular complexity index is 300. The van der Waals surface area contributed by atoms with Gasteiger partial charge in [-0.25, -0.2) is 9.59 Å². The van der Waals surface area contributed by atoms with Gasteiger partial charge in [-0.1, -0.05) is 11.6 Å². The van der Waals surface area contributed by atoms with Crippen molar-refractivity contribution >= 4 is 11.9 Å². The molecule has 0 saturated carbocycles. The second kappa shape index (κ2) is 6.81. The van der Waals surface area contributed by atoms with Gasteiger partial charge in [0, 0.05) is 11.6 Å². The molecule has 0 aromatic carbocycles. The monoisotopic (exact) mass is 212 g/mol. The molecule has 0 aliphatic rings. The Balaban J connectivity index is 3.92. The highest BCUT2D eigenvalue weighted by Gasteiger charge is 2.03. The van der Waals surface area contributed by atoms with Gasteiger partial charge in [-0.15, -0.1) is 0 Å². The Morgan fingerprint density at radius 2 is 1.80 bits per heavy atom. The minimum absolute atomic E-state index is 0.372. The summed E-state index contributed by atoms with van der Waals surface area (Å²) in [4.78, 5) is 20.7. The van der Waals surface area contributed by atoms with Crippen molar-refractivity contribution in [3.63, 3.8) is 0 Å². The zero-order valence-electron chi connectivity index (χ0n) is 8.99. The number of allylic oxidation sites excluding steroid dienone is 2. The van der Waals surface area contributed by atoms with Crippen molar-refractivity contribution < 1.29 is 19.8 Å². The molecule has 0 radical (unpaired) electrons. The maximum atomic E-state index is 10.6. The van der Waals surface area contributed by atoms with Gasteiger partial charge in [-0.05, 0) is 33.1 Å². The van der Waals surface area contributed by atoms with E-state index in [0.29, 0.717) is 18.4 Å². The third kappa shape index (κ3) is 6.49. The first-order chi connectivity index (χ1) is 6.95. The topological polar surface area (TPSA) is 74.6 Å². The average Bonchev–Trinajstić information content (AvgIpc) is 2.15. The number of unbranched alkanes of at least 4 members (excludes halogenated alkanes) is 1. The predicted molar refractivity (Wildman–Crippen MR) is 56.6 cm³/mol. The van der Waals surface area contributed by atoms with Gasteiger partial charge in [0.2, 0.25) is 0 Å². The van der Waals surface area contributed by atoms with Crippen molar-refractivity contribution in [2.75, 3.05) is 0 Å². The van der Waals surface area contributed by atoms with E-state index in [2.05, 4.69) is 0 Å². The van der Waals surface area contributed by atoms with Crippen molar-refractivity contribution in [3.8, 4) is 0 Å². The van der Waals surface area contributed by atoms with Crippen LogP contribution in [0.2, 0.25) is 0 Å². The molecule has 0 unspecified atom stereocenters. The van der Waals surface area contributed by atoms with E-state index in [-0.39, 0.29) is 0 Å². The van der Waals surface area contributed by atoms with Crippen molar-refractivity contribution in [1.29, 1.82) is 0 Å². The fraction of sp³-hybridized carbons (Fsp3) is 0.455. The van der Waals surface area contributed by atoms with Crippen LogP contribution in [0, 0.1) is 0 Å². The lowest BCUT2D eigenvalue weighted by Crippen LogP contribution is -1.99. The van der Waals surface area contributed by atoms with Crippen LogP contribution in [-0.2, 0) is 9.59 Å². The molecule has 0 aromatic heterocycles. The normalized spacial score (nSPS) is 12.7. The molecule has 0 aliphatic carbocycles. The minimum Gasteiger partial charge on any atom is -0.478 e. The third-order valence-electron chi connectivity index (χ3n) is 2.14. The number of hydrogen-bond acceptors (Lipinski definition) is 2. The molecule has 0 fully saturated rings. The Kier molecular flexibility index (Phi) is 6.09. The van der Waals surface area contributed by atoms with Crippen LogP contribution in [0.3, 0.4) is 0 Å². The highest BCUT2D eigenvalue weighted by molar-refractivity contribution is 5.86. The van der Waals surface area contributed by atoms with Crippen molar-refractivity contribution in [2.45, 2.75) is 33.1 Å². The first-order valence-electron chi connectivity index (χ1n) is 4.74. The highest BCUT2D eigenvalue weighted by atomic mass is 16.4. The predicted octanol–water partition coefficient (Wildman–Crippen LogP) is 2.22. The van der Waals surface area contributed by atoms with E-state index < -0.39 is 11.9 Å². The summed E-state index contributed by atoms with van der Waals surface area (Å²) in [5.41, 5.74) is 1.21. The summed E-state index contributed by atoms with van der Waals surface area (Å²) in [6, 6.07) is 0. The lowest BCUT2D eigenvalue weighted by atomic mass is 10.0. The number of carboxylic acids is 2. The first kappa shape index (κ1) is 13.4. The molecule has 2 N–H and O–H groups in total. The summed E-state index contributed by atoms with van der Waals surface area (Å²) in [6.07, 6.45) is 4.77. The molecule has 0 rings (SSSR count). The van der Waals surface area contributed by atoms with Gasteiger partial charge in [0.05, 0.1) is 0 Å². The molecule has 0 spiro atoms. The van der Waals surface area contributed by atoms with E-state index in [1.54, 1.807) is 19.9 Å². The van der Waals surface area contributed by atoms with Crippen molar-refractivity contribution in [1.82, 2.24) is 0 Å². The molecular weight excluding hydrogens is 196 g/mol. The van der Waals surface area contributed by atoms with Crippen LogP contribution in [-0.4, -0.2) is 22.2 Å². The van der Waals surface area contributed by atoms with E-state index in [0.717, 1.165) is 18.1 Å². The van der Waals surface area contributed by atoms with Gasteiger partial charge in [-0.3, -0.25) is 0 Å². The molecule has 0 atom stereocenters. The molecule has 0 heterocycles. The summed E-state index contributed by atoms with van der Waals surface area (Å²) in [5.74, 6) is -1.85. The lowest BCUT2D eigenvalue weighted by molar-refractivity contribution is -0.133. The summed E-state index contributed by atoms with van der Waals surface area (Å²) >= 11 is 0. The molecule has 4 heteroatoms. The Hall–Kier alpha value is -1.58. The summed E-state index contributed by atoms with van der Waals surface area (Å²) in [5, 5.41) is 17.0. The standard InChI is InChI=1S/C11H16O4/c1-8(9(2)11(14)15)6-4-3-5-7-10(12)13/h5,7H,3-4,6H2,1-2H3,(H,12,13)(H,14,15). The van der Waals surface area contributed by atoms with Gasteiger partial charge in [0.1, 0.15) is 0 Å². The quantitative estimate of drug-likeness (QED) is 0.523. The van der Waals surface area contributed by atoms with Crippen LogP contribution < -0.4 is 0 Å². The van der Waals surface area contributed by atoms with E-state index in [1.165, 1.54) is 0 Å². The molecule has 0 aromatic rings. The van der Waals surface area contributed by atoms with Gasteiger partial charge >= 0.3 is 11.9 Å². The van der Waals surface area contributed by atoms with Crippen molar-refractivity contribution in [2.24, 2.45) is 0 Å². The van der Waals surface area contributed by atoms with Gasteiger partial charge < -0.3 is 10.2 Å². The second-order valence-electron chi connectivity index (χ2n) is 3.34. The number of carbonyl (C=O) groups is 2. The number of rotatable bonds is 6. The molecule has 4 nitrogen and oxygen atoms in total. The summed E-state index contributed by atoms with van der Waals surface area (Å²) < 4.78 is 0. The van der Waals surface area contributed by atoms with Crippen LogP contribution >= 0.6 is 0 Å². The zero-order valence-corrected chi connectivity index (χ0v) is 8.99. The van der Waals surface area contributed by atoms with Crippen LogP contribution in [0.4, 0.5) is 0 Å². The van der Waals surface area contributed by atoms with Crippen LogP contribution in [0.25, 0.3) is 0 Å². The molecule has 0 bridgehead atoms. The first-order valence-corrected chi connectivity index (χ1v) is 4.74. The Morgan fingerprint density at radius 1 is 1.20 bits per heavy atom. The van der Waals surface area contributed by atoms with E-state index >= 15 is 0 Å². The van der Waals surface area contributed by atoms with Crippen LogP contribution in [0.15, 0.2) is 23.3 Å². The van der Waals surface area contributed by atoms with Gasteiger partial charge in [0.15, 0.2) is 0 Å². The third-order valence-corrected chi connectivity index (χ3v) is 2.14. The zero-order chi connectivity index (χ0) is 11.8. The van der Waals surface area contributed by atoms with Crippen molar-refractivity contribution in [3.05, 3.63) is 23.3 Å². The number of aliphatic carboxylic acids is 2. The average molecular weight is 212 g/mol. The highest BCUT2D eigenvalue weighted by Crippen LogP contribution is 2.12. The van der Waals surface area contributed by atoms with E-state index in [9.17, 15) is 9.59 Å². The maximum absolute atomic E-state index is 10.6. The van der Waals surface area contributed by atoms with Gasteiger partial charge in [-0.2, -0.15) is 0 Å². The van der Waals surface area contributed by atoms with Gasteiger partial charge in [0.25, 0.3) is 0 Å². The largest absolute Gasteiger partial charge is 0.478 e. The summed E-state index contributed by atoms with van der Waals surface area (Å²) in [6.45, 7) is 3.36. The fourth-order valence-corrected chi connectivity index (χ4v) is 1.04. The Morgan fingerprint density at radius 3 is 2.27 bits per heavy atom. The maximum Gasteiger partial charge on any atom is 0.331 e. The number of hydrogen-bond donors (Lipinski definition) is 2. The SMILES string of the molecule is CC(CCCC=CC(=O)O)=C(C)C(=O)O. The number of carboxylic acid groups (broad SMARTS) is 2. The molecule has 0 saturated heterocycles. The fourth-order valence-electron chi connectivity index (χ4n) is 1.04. The van der Waals surface area contributed by atoms with Crippen LogP contribution in [0.1, 0.15) is 33.1 Å². The van der Waals surface area contributed by atoms with E-state index in [1.807, 2.05) is 0 Å². The molecular formula is C11H16O4. The lowest BCUT2D eigenvalue weighted by Gasteiger charge is -2.02. The molecule has 0 amide bonds. The van der Waals surface area contributed by atoms with Crippen LogP contribution in [0.5, 0.6) is 0 Å². The molecule has 84 valence electrons. The van der Waals surface area contributed by atoms with E-state index in [4.69, 9.17) is 10.2 Å². The smallest absolute Gasteiger partial charge is 0.331 e. The Labute approximate surface area is 88.9 Å².